The van der Waals surface area contributed by atoms with Gasteiger partial charge >= 0.3 is 5.97 Å². The van der Waals surface area contributed by atoms with Crippen LogP contribution in [0.25, 0.3) is 11.2 Å². The van der Waals surface area contributed by atoms with Crippen LogP contribution in [-0.4, -0.2) is 49.8 Å². The standard InChI is InChI=1S/C11H13N5O3/c17-11(18)7-2-1-6(19-7)3-12-9-8-10(14-4-13-8)16-5-15-9/h4-7H,1-3H2,(H,17,18)(H2,12,13,14,15,16). The minimum absolute atomic E-state index is 0.117. The number of nitrogens with zero attached hydrogens (tertiary/aromatic N) is 3. The van der Waals surface area contributed by atoms with Crippen molar-refractivity contribution in [1.29, 1.82) is 0 Å². The van der Waals surface area contributed by atoms with Gasteiger partial charge in [0.2, 0.25) is 0 Å². The topological polar surface area (TPSA) is 113 Å². The second-order valence-corrected chi connectivity index (χ2v) is 4.37. The van der Waals surface area contributed by atoms with Crippen molar-refractivity contribution in [2.24, 2.45) is 0 Å². The van der Waals surface area contributed by atoms with Crippen LogP contribution >= 0.6 is 0 Å². The number of rotatable bonds is 4. The first kappa shape index (κ1) is 11.8. The van der Waals surface area contributed by atoms with Crippen LogP contribution in [0.3, 0.4) is 0 Å². The average molecular weight is 263 g/mol. The van der Waals surface area contributed by atoms with Crippen LogP contribution in [0, 0.1) is 0 Å². The second kappa shape index (κ2) is 4.81. The van der Waals surface area contributed by atoms with E-state index in [0.717, 1.165) is 11.9 Å². The number of anilines is 1. The predicted octanol–water partition coefficient (Wildman–Crippen LogP) is 0.397. The number of imidazole rings is 1. The molecule has 100 valence electrons. The summed E-state index contributed by atoms with van der Waals surface area (Å²) in [5, 5.41) is 12.0. The van der Waals surface area contributed by atoms with Gasteiger partial charge in [-0.05, 0) is 12.8 Å². The summed E-state index contributed by atoms with van der Waals surface area (Å²) in [6.45, 7) is 0.509. The molecule has 1 aliphatic heterocycles. The molecular weight excluding hydrogens is 250 g/mol. The molecule has 0 aromatic carbocycles. The molecule has 2 aromatic heterocycles. The summed E-state index contributed by atoms with van der Waals surface area (Å²) in [7, 11) is 0. The molecule has 8 heteroatoms. The highest BCUT2D eigenvalue weighted by molar-refractivity contribution is 5.81. The van der Waals surface area contributed by atoms with Gasteiger partial charge in [-0.3, -0.25) is 0 Å². The fourth-order valence-electron chi connectivity index (χ4n) is 2.15. The Bertz CT molecular complexity index is 599. The Morgan fingerprint density at radius 1 is 1.47 bits per heavy atom. The van der Waals surface area contributed by atoms with Crippen molar-refractivity contribution in [3.8, 4) is 0 Å². The molecule has 1 saturated heterocycles. The lowest BCUT2D eigenvalue weighted by atomic mass is 10.2. The van der Waals surface area contributed by atoms with Gasteiger partial charge in [0.25, 0.3) is 0 Å². The van der Waals surface area contributed by atoms with E-state index in [0.29, 0.717) is 24.4 Å². The quantitative estimate of drug-likeness (QED) is 0.731. The van der Waals surface area contributed by atoms with E-state index in [1.807, 2.05) is 0 Å². The third-order valence-corrected chi connectivity index (χ3v) is 3.10. The molecule has 0 spiro atoms. The van der Waals surface area contributed by atoms with Gasteiger partial charge in [0.05, 0.1) is 12.4 Å². The Hall–Kier alpha value is -2.22. The number of carbonyl (C=O) groups is 1. The molecular formula is C11H13N5O3. The fraction of sp³-hybridized carbons (Fsp3) is 0.455. The molecule has 0 aliphatic carbocycles. The molecule has 0 radical (unpaired) electrons. The summed E-state index contributed by atoms with van der Waals surface area (Å²) in [6.07, 6.45) is 3.45. The van der Waals surface area contributed by atoms with Crippen molar-refractivity contribution in [2.45, 2.75) is 25.0 Å². The van der Waals surface area contributed by atoms with Gasteiger partial charge in [-0.25, -0.2) is 19.7 Å². The summed E-state index contributed by atoms with van der Waals surface area (Å²) in [5.41, 5.74) is 1.32. The molecule has 0 saturated carbocycles. The number of nitrogens with one attached hydrogen (secondary N) is 2. The summed E-state index contributed by atoms with van der Waals surface area (Å²) in [5.74, 6) is -0.259. The van der Waals surface area contributed by atoms with Crippen molar-refractivity contribution in [1.82, 2.24) is 19.9 Å². The molecule has 2 aromatic rings. The summed E-state index contributed by atoms with van der Waals surface area (Å²) < 4.78 is 5.41. The molecule has 8 nitrogen and oxygen atoms in total. The van der Waals surface area contributed by atoms with Crippen LogP contribution in [0.4, 0.5) is 5.82 Å². The Kier molecular flexibility index (Phi) is 3.00. The van der Waals surface area contributed by atoms with Crippen molar-refractivity contribution >= 4 is 23.0 Å². The van der Waals surface area contributed by atoms with Gasteiger partial charge in [0.1, 0.15) is 11.8 Å². The lowest BCUT2D eigenvalue weighted by Crippen LogP contribution is -2.24. The number of carboxylic acid groups (broad SMARTS) is 1. The smallest absolute Gasteiger partial charge is 0.332 e. The Labute approximate surface area is 108 Å². The van der Waals surface area contributed by atoms with E-state index in [4.69, 9.17) is 9.84 Å². The summed E-state index contributed by atoms with van der Waals surface area (Å²) >= 11 is 0. The van der Waals surface area contributed by atoms with Gasteiger partial charge in [-0.15, -0.1) is 0 Å². The van der Waals surface area contributed by atoms with Crippen molar-refractivity contribution in [2.75, 3.05) is 11.9 Å². The zero-order chi connectivity index (χ0) is 13.2. The molecule has 0 bridgehead atoms. The number of hydrogen-bond donors (Lipinski definition) is 3. The monoisotopic (exact) mass is 263 g/mol. The predicted molar refractivity (Wildman–Crippen MR) is 65.7 cm³/mol. The first-order valence-corrected chi connectivity index (χ1v) is 6.00. The van der Waals surface area contributed by atoms with Gasteiger partial charge in [-0.1, -0.05) is 0 Å². The molecule has 19 heavy (non-hydrogen) atoms. The van der Waals surface area contributed by atoms with Gasteiger partial charge in [0.15, 0.2) is 17.6 Å². The lowest BCUT2D eigenvalue weighted by molar-refractivity contribution is -0.149. The van der Waals surface area contributed by atoms with Crippen molar-refractivity contribution < 1.29 is 14.6 Å². The van der Waals surface area contributed by atoms with E-state index in [1.54, 1.807) is 6.33 Å². The number of carboxylic acids is 1. The van der Waals surface area contributed by atoms with Crippen molar-refractivity contribution in [3.63, 3.8) is 0 Å². The Morgan fingerprint density at radius 3 is 3.16 bits per heavy atom. The maximum absolute atomic E-state index is 10.8. The average Bonchev–Trinajstić information content (AvgIpc) is 3.05. The molecule has 3 heterocycles. The van der Waals surface area contributed by atoms with E-state index in [1.165, 1.54) is 6.33 Å². The summed E-state index contributed by atoms with van der Waals surface area (Å²) in [4.78, 5) is 25.9. The van der Waals surface area contributed by atoms with Crippen LogP contribution in [0.15, 0.2) is 12.7 Å². The number of aromatic nitrogens is 4. The zero-order valence-corrected chi connectivity index (χ0v) is 10.0. The Morgan fingerprint density at radius 2 is 2.37 bits per heavy atom. The molecule has 1 fully saturated rings. The lowest BCUT2D eigenvalue weighted by Gasteiger charge is -2.12. The normalized spacial score (nSPS) is 22.7. The number of fused-ring (bicyclic) bond motifs is 1. The third kappa shape index (κ3) is 2.34. The summed E-state index contributed by atoms with van der Waals surface area (Å²) in [6, 6.07) is 0. The van der Waals surface area contributed by atoms with Crippen LogP contribution in [0.5, 0.6) is 0 Å². The van der Waals surface area contributed by atoms with Crippen LogP contribution < -0.4 is 5.32 Å². The van der Waals surface area contributed by atoms with E-state index in [-0.39, 0.29) is 6.10 Å². The molecule has 2 atom stereocenters. The van der Waals surface area contributed by atoms with Gasteiger partial charge in [-0.2, -0.15) is 0 Å². The first-order valence-electron chi connectivity index (χ1n) is 6.00. The third-order valence-electron chi connectivity index (χ3n) is 3.10. The first-order chi connectivity index (χ1) is 9.24. The second-order valence-electron chi connectivity index (χ2n) is 4.37. The van der Waals surface area contributed by atoms with E-state index in [9.17, 15) is 4.79 Å². The Balaban J connectivity index is 1.64. The molecule has 3 rings (SSSR count). The highest BCUT2D eigenvalue weighted by Crippen LogP contribution is 2.21. The van der Waals surface area contributed by atoms with Crippen LogP contribution in [-0.2, 0) is 9.53 Å². The minimum Gasteiger partial charge on any atom is -0.479 e. The molecule has 2 unspecified atom stereocenters. The number of aliphatic carboxylic acids is 1. The number of aromatic amines is 1. The molecule has 0 amide bonds. The minimum atomic E-state index is -0.902. The maximum Gasteiger partial charge on any atom is 0.332 e. The zero-order valence-electron chi connectivity index (χ0n) is 10.0. The molecule has 3 N–H and O–H groups in total. The fourth-order valence-corrected chi connectivity index (χ4v) is 2.15. The highest BCUT2D eigenvalue weighted by atomic mass is 16.5. The van der Waals surface area contributed by atoms with Crippen LogP contribution in [0.2, 0.25) is 0 Å². The van der Waals surface area contributed by atoms with Crippen molar-refractivity contribution in [3.05, 3.63) is 12.7 Å². The SMILES string of the molecule is O=C(O)C1CCC(CNc2ncnc3nc[nH]c23)O1. The van der Waals surface area contributed by atoms with Gasteiger partial charge in [0, 0.05) is 6.54 Å². The molecule has 1 aliphatic rings. The highest BCUT2D eigenvalue weighted by Gasteiger charge is 2.30. The van der Waals surface area contributed by atoms with E-state index < -0.39 is 12.1 Å². The number of H-pyrrole nitrogens is 1. The van der Waals surface area contributed by atoms with E-state index >= 15 is 0 Å². The number of ether oxygens (including phenoxy) is 1. The van der Waals surface area contributed by atoms with E-state index in [2.05, 4.69) is 25.3 Å². The largest absolute Gasteiger partial charge is 0.479 e. The maximum atomic E-state index is 10.8. The number of hydrogen-bond acceptors (Lipinski definition) is 6. The van der Waals surface area contributed by atoms with Crippen LogP contribution in [0.1, 0.15) is 12.8 Å². The van der Waals surface area contributed by atoms with Gasteiger partial charge < -0.3 is 20.1 Å².